The van der Waals surface area contributed by atoms with E-state index in [0.717, 1.165) is 68.5 Å². The van der Waals surface area contributed by atoms with Crippen molar-refractivity contribution in [2.24, 2.45) is 0 Å². The molecule has 10 heteroatoms. The highest BCUT2D eigenvalue weighted by Gasteiger charge is 2.33. The first-order valence-electron chi connectivity index (χ1n) is 14.3. The lowest BCUT2D eigenvalue weighted by Gasteiger charge is -2.36. The third kappa shape index (κ3) is 7.35. The number of hydrogen-bond donors (Lipinski definition) is 2. The molecule has 0 unspecified atom stereocenters. The lowest BCUT2D eigenvalue weighted by Crippen LogP contribution is -2.54. The van der Waals surface area contributed by atoms with Crippen LogP contribution in [-0.4, -0.2) is 73.2 Å². The largest absolute Gasteiger partial charge is 0.490 e. The average molecular weight is 608 g/mol. The second-order valence-electron chi connectivity index (χ2n) is 11.0. The molecular formula is C30H37Cl3N4O3. The van der Waals surface area contributed by atoms with Gasteiger partial charge in [0, 0.05) is 47.7 Å². The summed E-state index contributed by atoms with van der Waals surface area (Å²) in [7, 11) is 0. The van der Waals surface area contributed by atoms with Gasteiger partial charge in [-0.2, -0.15) is 0 Å². The van der Waals surface area contributed by atoms with Crippen LogP contribution in [0, 0.1) is 0 Å². The Morgan fingerprint density at radius 1 is 0.900 bits per heavy atom. The van der Waals surface area contributed by atoms with Gasteiger partial charge >= 0.3 is 6.03 Å². The number of nitrogens with one attached hydrogen (secondary N) is 2. The van der Waals surface area contributed by atoms with E-state index >= 15 is 0 Å². The molecule has 0 bridgehead atoms. The minimum atomic E-state index is -0.710. The van der Waals surface area contributed by atoms with Crippen LogP contribution in [0.2, 0.25) is 15.1 Å². The number of urea groups is 1. The number of likely N-dealkylation sites (tertiary alicyclic amines) is 2. The highest BCUT2D eigenvalue weighted by atomic mass is 35.5. The maximum Gasteiger partial charge on any atom is 0.318 e. The van der Waals surface area contributed by atoms with Gasteiger partial charge in [-0.3, -0.25) is 4.79 Å². The van der Waals surface area contributed by atoms with Gasteiger partial charge in [-0.05, 0) is 92.9 Å². The van der Waals surface area contributed by atoms with Crippen molar-refractivity contribution in [3.63, 3.8) is 0 Å². The highest BCUT2D eigenvalue weighted by Crippen LogP contribution is 2.37. The molecule has 3 saturated heterocycles. The topological polar surface area (TPSA) is 73.9 Å². The Morgan fingerprint density at radius 2 is 1.57 bits per heavy atom. The van der Waals surface area contributed by atoms with Crippen LogP contribution in [-0.2, 0) is 11.2 Å². The molecule has 0 spiro atoms. The second-order valence-corrected chi connectivity index (χ2v) is 12.3. The van der Waals surface area contributed by atoms with E-state index in [1.165, 1.54) is 0 Å². The first-order valence-corrected chi connectivity index (χ1v) is 15.5. The molecule has 2 aromatic carbocycles. The van der Waals surface area contributed by atoms with Crippen LogP contribution in [0.4, 0.5) is 4.79 Å². The van der Waals surface area contributed by atoms with E-state index in [1.807, 2.05) is 23.1 Å². The Hall–Kier alpha value is -2.19. The molecular weight excluding hydrogens is 571 g/mol. The van der Waals surface area contributed by atoms with Crippen molar-refractivity contribution in [2.45, 2.75) is 63.0 Å². The van der Waals surface area contributed by atoms with Gasteiger partial charge in [-0.15, -0.1) is 0 Å². The summed E-state index contributed by atoms with van der Waals surface area (Å²) in [5.41, 5.74) is 1.93. The zero-order valence-corrected chi connectivity index (χ0v) is 24.9. The van der Waals surface area contributed by atoms with Crippen LogP contribution < -0.4 is 15.4 Å². The van der Waals surface area contributed by atoms with Crippen molar-refractivity contribution >= 4 is 46.7 Å². The van der Waals surface area contributed by atoms with Crippen molar-refractivity contribution in [1.29, 1.82) is 0 Å². The van der Waals surface area contributed by atoms with Crippen LogP contribution in [0.1, 0.15) is 55.6 Å². The third-order valence-corrected chi connectivity index (χ3v) is 9.05. The molecule has 3 aliphatic rings. The zero-order chi connectivity index (χ0) is 28.1. The number of benzene rings is 2. The van der Waals surface area contributed by atoms with Crippen LogP contribution in [0.15, 0.2) is 36.4 Å². The number of piperidine rings is 2. The monoisotopic (exact) mass is 606 g/mol. The van der Waals surface area contributed by atoms with Gasteiger partial charge in [0.05, 0.1) is 0 Å². The summed E-state index contributed by atoms with van der Waals surface area (Å²) in [5.74, 6) is 1.04. The fourth-order valence-corrected chi connectivity index (χ4v) is 6.59. The van der Waals surface area contributed by atoms with E-state index in [2.05, 4.69) is 16.7 Å². The van der Waals surface area contributed by atoms with Crippen LogP contribution in [0.3, 0.4) is 0 Å². The molecule has 5 rings (SSSR count). The summed E-state index contributed by atoms with van der Waals surface area (Å²) in [5, 5.41) is 8.08. The van der Waals surface area contributed by atoms with Crippen molar-refractivity contribution < 1.29 is 14.3 Å². The lowest BCUT2D eigenvalue weighted by molar-refractivity contribution is -0.134. The molecule has 0 aromatic heterocycles. The number of halogens is 3. The number of nitrogens with zero attached hydrogens (tertiary/aromatic N) is 2. The van der Waals surface area contributed by atoms with Crippen molar-refractivity contribution in [1.82, 2.24) is 20.4 Å². The summed E-state index contributed by atoms with van der Waals surface area (Å²) in [6.07, 6.45) is 6.02. The summed E-state index contributed by atoms with van der Waals surface area (Å²) < 4.78 is 6.43. The molecule has 40 heavy (non-hydrogen) atoms. The van der Waals surface area contributed by atoms with Gasteiger partial charge in [-0.1, -0.05) is 46.9 Å². The number of amides is 3. The summed E-state index contributed by atoms with van der Waals surface area (Å²) in [6, 6.07) is 10.3. The van der Waals surface area contributed by atoms with Gasteiger partial charge in [0.2, 0.25) is 5.91 Å². The molecule has 0 aliphatic carbocycles. The quantitative estimate of drug-likeness (QED) is 0.411. The fourth-order valence-electron chi connectivity index (χ4n) is 5.94. The van der Waals surface area contributed by atoms with Gasteiger partial charge in [-0.25, -0.2) is 4.79 Å². The first kappa shape index (κ1) is 29.3. The van der Waals surface area contributed by atoms with E-state index in [0.29, 0.717) is 47.7 Å². The van der Waals surface area contributed by atoms with Crippen LogP contribution in [0.5, 0.6) is 5.75 Å². The summed E-state index contributed by atoms with van der Waals surface area (Å²) in [4.78, 5) is 30.5. The molecule has 3 heterocycles. The maximum absolute atomic E-state index is 13.8. The molecule has 3 amide bonds. The van der Waals surface area contributed by atoms with Crippen LogP contribution >= 0.6 is 34.8 Å². The smallest absolute Gasteiger partial charge is 0.318 e. The van der Waals surface area contributed by atoms with E-state index in [-0.39, 0.29) is 24.0 Å². The second kappa shape index (κ2) is 13.6. The molecule has 0 saturated carbocycles. The Kier molecular flexibility index (Phi) is 10.00. The Labute approximate surface area is 251 Å². The molecule has 3 aliphatic heterocycles. The number of rotatable bonds is 7. The molecule has 2 aromatic rings. The zero-order valence-electron chi connectivity index (χ0n) is 22.6. The molecule has 216 valence electrons. The molecule has 7 nitrogen and oxygen atoms in total. The van der Waals surface area contributed by atoms with Gasteiger partial charge in [0.25, 0.3) is 0 Å². The third-order valence-electron chi connectivity index (χ3n) is 8.23. The van der Waals surface area contributed by atoms with Gasteiger partial charge < -0.3 is 25.2 Å². The Balaban J connectivity index is 1.27. The molecule has 3 fully saturated rings. The van der Waals surface area contributed by atoms with E-state index < -0.39 is 6.04 Å². The van der Waals surface area contributed by atoms with Gasteiger partial charge in [0.15, 0.2) is 0 Å². The van der Waals surface area contributed by atoms with E-state index in [9.17, 15) is 9.59 Å². The normalized spacial score (nSPS) is 19.5. The van der Waals surface area contributed by atoms with Crippen molar-refractivity contribution in [3.8, 4) is 5.75 Å². The highest BCUT2D eigenvalue weighted by molar-refractivity contribution is 6.35. The summed E-state index contributed by atoms with van der Waals surface area (Å²) >= 11 is 18.9. The minimum Gasteiger partial charge on any atom is -0.490 e. The van der Waals surface area contributed by atoms with Crippen molar-refractivity contribution in [3.05, 3.63) is 62.6 Å². The number of carbonyl (C=O) groups excluding carboxylic acids is 2. The first-order chi connectivity index (χ1) is 19.4. The summed E-state index contributed by atoms with van der Waals surface area (Å²) in [6.45, 7) is 4.54. The maximum atomic E-state index is 13.8. The van der Waals surface area contributed by atoms with E-state index in [1.54, 1.807) is 17.0 Å². The average Bonchev–Trinajstić information content (AvgIpc) is 3.50. The fraction of sp³-hybridized carbons (Fsp3) is 0.533. The molecule has 0 radical (unpaired) electrons. The van der Waals surface area contributed by atoms with E-state index in [4.69, 9.17) is 39.5 Å². The Bertz CT molecular complexity index is 1190. The standard InChI is InChI=1S/C30H37Cl3N4O3/c31-22-4-3-21(26(33)18-22)17-27(35-30(39)37-13-1-2-14-37)29(38)36-15-9-20(10-16-36)25-6-5-23(32)19-28(25)40-24-7-11-34-12-8-24/h3-6,18-20,24,27,34H,1-2,7-17H2,(H,35,39)/t27-/m1/s1. The number of ether oxygens (including phenoxy) is 1. The van der Waals surface area contributed by atoms with Crippen LogP contribution in [0.25, 0.3) is 0 Å². The number of hydrogen-bond acceptors (Lipinski definition) is 4. The SMILES string of the molecule is O=C(N[C@H](Cc1ccc(Cl)cc1Cl)C(=O)N1CCC(c2ccc(Cl)cc2OC2CCNCC2)CC1)N1CCCC1. The van der Waals surface area contributed by atoms with Gasteiger partial charge in [0.1, 0.15) is 17.9 Å². The van der Waals surface area contributed by atoms with Crippen molar-refractivity contribution in [2.75, 3.05) is 39.3 Å². The minimum absolute atomic E-state index is 0.0840. The number of carbonyl (C=O) groups is 2. The molecule has 1 atom stereocenters. The Morgan fingerprint density at radius 3 is 2.27 bits per heavy atom. The molecule has 2 N–H and O–H groups in total. The predicted molar refractivity (Wildman–Crippen MR) is 160 cm³/mol. The predicted octanol–water partition coefficient (Wildman–Crippen LogP) is 5.90. The lowest BCUT2D eigenvalue weighted by atomic mass is 9.88.